The number of ether oxygens (including phenoxy) is 2. The Labute approximate surface area is 126 Å². The lowest BCUT2D eigenvalue weighted by Gasteiger charge is -2.15. The van der Waals surface area contributed by atoms with Gasteiger partial charge in [0.15, 0.2) is 11.5 Å². The van der Waals surface area contributed by atoms with Gasteiger partial charge in [0.1, 0.15) is 6.61 Å². The molecule has 4 nitrogen and oxygen atoms in total. The Balaban J connectivity index is 2.16. The number of pyridine rings is 1. The minimum atomic E-state index is 0.480. The van der Waals surface area contributed by atoms with Crippen molar-refractivity contribution in [3.8, 4) is 11.5 Å². The summed E-state index contributed by atoms with van der Waals surface area (Å²) >= 11 is 0. The van der Waals surface area contributed by atoms with Crippen molar-refractivity contribution in [1.29, 1.82) is 0 Å². The zero-order valence-electron chi connectivity index (χ0n) is 12.8. The van der Waals surface area contributed by atoms with Gasteiger partial charge in [-0.2, -0.15) is 0 Å². The summed E-state index contributed by atoms with van der Waals surface area (Å²) in [5.74, 6) is 1.55. The van der Waals surface area contributed by atoms with Gasteiger partial charge < -0.3 is 14.8 Å². The Kier molecular flexibility index (Phi) is 5.58. The number of rotatable bonds is 7. The summed E-state index contributed by atoms with van der Waals surface area (Å²) in [5.41, 5.74) is 3.27. The van der Waals surface area contributed by atoms with E-state index in [1.54, 1.807) is 7.11 Å². The van der Waals surface area contributed by atoms with Gasteiger partial charge >= 0.3 is 0 Å². The number of hydrogen-bond donors (Lipinski definition) is 1. The molecule has 0 unspecified atom stereocenters. The number of hydrogen-bond acceptors (Lipinski definition) is 4. The van der Waals surface area contributed by atoms with E-state index in [0.717, 1.165) is 41.3 Å². The summed E-state index contributed by atoms with van der Waals surface area (Å²) in [6, 6.07) is 8.02. The highest BCUT2D eigenvalue weighted by Gasteiger charge is 2.10. The lowest BCUT2D eigenvalue weighted by molar-refractivity contribution is 0.280. The van der Waals surface area contributed by atoms with Crippen LogP contribution in [-0.2, 0) is 13.2 Å². The number of nitrogens with zero attached hydrogens (tertiary/aromatic N) is 1. The molecule has 0 bridgehead atoms. The predicted octanol–water partition coefficient (Wildman–Crippen LogP) is 3.09. The zero-order chi connectivity index (χ0) is 15.1. The molecule has 0 aliphatic carbocycles. The molecule has 0 saturated carbocycles. The molecule has 0 amide bonds. The number of aryl methyl sites for hydroxylation is 1. The molecule has 2 aromatic rings. The Hall–Kier alpha value is -2.07. The molecule has 0 spiro atoms. The van der Waals surface area contributed by atoms with Crippen molar-refractivity contribution in [2.24, 2.45) is 0 Å². The highest BCUT2D eigenvalue weighted by atomic mass is 16.5. The number of aromatic nitrogens is 1. The average molecular weight is 286 g/mol. The fraction of sp³-hybridized carbons (Fsp3) is 0.353. The Morgan fingerprint density at radius 1 is 1.24 bits per heavy atom. The van der Waals surface area contributed by atoms with Gasteiger partial charge in [-0.15, -0.1) is 0 Å². The summed E-state index contributed by atoms with van der Waals surface area (Å²) in [6.07, 6.45) is 3.66. The highest BCUT2D eigenvalue weighted by Crippen LogP contribution is 2.31. The van der Waals surface area contributed by atoms with Crippen LogP contribution in [0.2, 0.25) is 0 Å². The van der Waals surface area contributed by atoms with Crippen LogP contribution in [0.5, 0.6) is 11.5 Å². The molecule has 1 aromatic carbocycles. The molecule has 0 radical (unpaired) electrons. The van der Waals surface area contributed by atoms with Crippen LogP contribution in [0.15, 0.2) is 36.7 Å². The number of methoxy groups -OCH3 is 1. The third-order valence-corrected chi connectivity index (χ3v) is 3.16. The maximum atomic E-state index is 5.99. The van der Waals surface area contributed by atoms with E-state index in [-0.39, 0.29) is 0 Å². The number of nitrogens with one attached hydrogen (secondary N) is 1. The van der Waals surface area contributed by atoms with Gasteiger partial charge in [-0.1, -0.05) is 19.1 Å². The zero-order valence-corrected chi connectivity index (χ0v) is 12.8. The van der Waals surface area contributed by atoms with Gasteiger partial charge in [0, 0.05) is 30.1 Å². The van der Waals surface area contributed by atoms with E-state index < -0.39 is 0 Å². The molecule has 0 aliphatic heterocycles. The van der Waals surface area contributed by atoms with Crippen LogP contribution in [0.25, 0.3) is 0 Å². The maximum Gasteiger partial charge on any atom is 0.166 e. The van der Waals surface area contributed by atoms with Crippen molar-refractivity contribution in [2.75, 3.05) is 13.7 Å². The maximum absolute atomic E-state index is 5.99. The van der Waals surface area contributed by atoms with E-state index >= 15 is 0 Å². The normalized spacial score (nSPS) is 10.4. The van der Waals surface area contributed by atoms with Crippen LogP contribution in [0.4, 0.5) is 0 Å². The van der Waals surface area contributed by atoms with Crippen LogP contribution in [-0.4, -0.2) is 18.6 Å². The molecule has 1 aromatic heterocycles. The minimum Gasteiger partial charge on any atom is -0.493 e. The van der Waals surface area contributed by atoms with E-state index in [2.05, 4.69) is 29.4 Å². The molecular formula is C17H22N2O2. The van der Waals surface area contributed by atoms with E-state index in [4.69, 9.17) is 9.47 Å². The fourth-order valence-electron chi connectivity index (χ4n) is 2.14. The SMILES string of the molecule is CCNCc1cccc(OC)c1OCc1cncc(C)c1. The first-order chi connectivity index (χ1) is 10.2. The molecule has 4 heteroatoms. The van der Waals surface area contributed by atoms with Gasteiger partial charge in [-0.3, -0.25) is 4.98 Å². The largest absolute Gasteiger partial charge is 0.493 e. The van der Waals surface area contributed by atoms with Crippen molar-refractivity contribution in [2.45, 2.75) is 27.0 Å². The molecule has 0 atom stereocenters. The minimum absolute atomic E-state index is 0.480. The quantitative estimate of drug-likeness (QED) is 0.849. The third kappa shape index (κ3) is 4.20. The van der Waals surface area contributed by atoms with Crippen molar-refractivity contribution >= 4 is 0 Å². The second-order valence-corrected chi connectivity index (χ2v) is 4.89. The first kappa shape index (κ1) is 15.3. The Morgan fingerprint density at radius 2 is 2.10 bits per heavy atom. The molecule has 1 N–H and O–H groups in total. The van der Waals surface area contributed by atoms with Gasteiger partial charge in [-0.25, -0.2) is 0 Å². The van der Waals surface area contributed by atoms with Gasteiger partial charge in [0.2, 0.25) is 0 Å². The van der Waals surface area contributed by atoms with E-state index in [9.17, 15) is 0 Å². The van der Waals surface area contributed by atoms with Gasteiger partial charge in [0.05, 0.1) is 7.11 Å². The van der Waals surface area contributed by atoms with Crippen molar-refractivity contribution in [1.82, 2.24) is 10.3 Å². The van der Waals surface area contributed by atoms with Crippen molar-refractivity contribution < 1.29 is 9.47 Å². The Bertz CT molecular complexity index is 585. The predicted molar refractivity (Wildman–Crippen MR) is 83.7 cm³/mol. The smallest absolute Gasteiger partial charge is 0.166 e. The van der Waals surface area contributed by atoms with E-state index in [0.29, 0.717) is 6.61 Å². The summed E-state index contributed by atoms with van der Waals surface area (Å²) in [5, 5.41) is 3.32. The van der Waals surface area contributed by atoms with Crippen LogP contribution in [0, 0.1) is 6.92 Å². The third-order valence-electron chi connectivity index (χ3n) is 3.16. The summed E-state index contributed by atoms with van der Waals surface area (Å²) < 4.78 is 11.4. The molecule has 112 valence electrons. The van der Waals surface area contributed by atoms with Crippen LogP contribution in [0.3, 0.4) is 0 Å². The first-order valence-corrected chi connectivity index (χ1v) is 7.14. The van der Waals surface area contributed by atoms with Crippen LogP contribution < -0.4 is 14.8 Å². The van der Waals surface area contributed by atoms with Crippen molar-refractivity contribution in [3.63, 3.8) is 0 Å². The standard InChI is InChI=1S/C17H22N2O2/c1-4-18-11-15-6-5-7-16(20-3)17(15)21-12-14-8-13(2)9-19-10-14/h5-10,18H,4,11-12H2,1-3H3. The van der Waals surface area contributed by atoms with Gasteiger partial charge in [0.25, 0.3) is 0 Å². The summed E-state index contributed by atoms with van der Waals surface area (Å²) in [4.78, 5) is 4.19. The summed E-state index contributed by atoms with van der Waals surface area (Å²) in [6.45, 7) is 6.26. The molecule has 1 heterocycles. The molecule has 0 aliphatic rings. The van der Waals surface area contributed by atoms with E-state index in [1.165, 1.54) is 0 Å². The van der Waals surface area contributed by atoms with E-state index in [1.807, 2.05) is 31.5 Å². The van der Waals surface area contributed by atoms with Gasteiger partial charge in [-0.05, 0) is 31.2 Å². The lowest BCUT2D eigenvalue weighted by Crippen LogP contribution is -2.13. The summed E-state index contributed by atoms with van der Waals surface area (Å²) in [7, 11) is 1.66. The molecule has 2 rings (SSSR count). The number of benzene rings is 1. The molecule has 0 saturated heterocycles. The van der Waals surface area contributed by atoms with Crippen LogP contribution in [0.1, 0.15) is 23.6 Å². The molecular weight excluding hydrogens is 264 g/mol. The van der Waals surface area contributed by atoms with Crippen LogP contribution >= 0.6 is 0 Å². The topological polar surface area (TPSA) is 43.4 Å². The second-order valence-electron chi connectivity index (χ2n) is 4.89. The number of para-hydroxylation sites is 1. The molecule has 21 heavy (non-hydrogen) atoms. The van der Waals surface area contributed by atoms with Crippen molar-refractivity contribution in [3.05, 3.63) is 53.3 Å². The Morgan fingerprint density at radius 3 is 2.81 bits per heavy atom. The molecule has 0 fully saturated rings. The first-order valence-electron chi connectivity index (χ1n) is 7.14. The second kappa shape index (κ2) is 7.64. The lowest BCUT2D eigenvalue weighted by atomic mass is 10.1. The fourth-order valence-corrected chi connectivity index (χ4v) is 2.14. The highest BCUT2D eigenvalue weighted by molar-refractivity contribution is 5.46. The monoisotopic (exact) mass is 286 g/mol. The average Bonchev–Trinajstić information content (AvgIpc) is 2.51.